The molecule has 3 nitrogen and oxygen atoms in total. The molecule has 1 aliphatic rings. The summed E-state index contributed by atoms with van der Waals surface area (Å²) in [6.07, 6.45) is 1.13. The van der Waals surface area contributed by atoms with E-state index in [1.54, 1.807) is 0 Å². The van der Waals surface area contributed by atoms with Gasteiger partial charge in [-0.25, -0.2) is 4.68 Å². The van der Waals surface area contributed by atoms with Crippen LogP contribution in [-0.4, -0.2) is 16.3 Å². The molecular formula is C13H15N3. The van der Waals surface area contributed by atoms with E-state index in [1.807, 2.05) is 11.6 Å². The fraction of sp³-hybridized carbons (Fsp3) is 0.308. The van der Waals surface area contributed by atoms with Crippen molar-refractivity contribution in [3.05, 3.63) is 41.2 Å². The van der Waals surface area contributed by atoms with E-state index in [4.69, 9.17) is 0 Å². The van der Waals surface area contributed by atoms with Crippen molar-refractivity contribution < 1.29 is 0 Å². The van der Waals surface area contributed by atoms with Crippen LogP contribution in [0, 0.1) is 13.8 Å². The minimum atomic E-state index is 1.05. The second kappa shape index (κ2) is 3.37. The zero-order chi connectivity index (χ0) is 11.1. The van der Waals surface area contributed by atoms with Gasteiger partial charge in [-0.1, -0.05) is 6.07 Å². The molecule has 0 saturated carbocycles. The van der Waals surface area contributed by atoms with Gasteiger partial charge in [-0.2, -0.15) is 5.10 Å². The Labute approximate surface area is 95.1 Å². The standard InChI is InChI=1S/C13H15N3/c1-9-7-10(2)16(15-9)12-4-3-11-5-6-14-13(11)8-12/h3-4,7-8,14H,5-6H2,1-2H3. The predicted octanol–water partition coefficient (Wildman–Crippen LogP) is 2.46. The highest BCUT2D eigenvalue weighted by molar-refractivity contribution is 5.60. The first-order valence-electron chi connectivity index (χ1n) is 5.64. The molecule has 0 atom stereocenters. The molecule has 2 heterocycles. The first-order chi connectivity index (χ1) is 7.74. The third-order valence-corrected chi connectivity index (χ3v) is 3.06. The predicted molar refractivity (Wildman–Crippen MR) is 65.2 cm³/mol. The van der Waals surface area contributed by atoms with Crippen LogP contribution in [0.2, 0.25) is 0 Å². The summed E-state index contributed by atoms with van der Waals surface area (Å²) < 4.78 is 2.00. The summed E-state index contributed by atoms with van der Waals surface area (Å²) in [7, 11) is 0. The van der Waals surface area contributed by atoms with Crippen molar-refractivity contribution in [2.75, 3.05) is 11.9 Å². The van der Waals surface area contributed by atoms with Gasteiger partial charge in [0.05, 0.1) is 11.4 Å². The Morgan fingerprint density at radius 1 is 1.25 bits per heavy atom. The van der Waals surface area contributed by atoms with Gasteiger partial charge in [0.1, 0.15) is 0 Å². The first kappa shape index (κ1) is 9.46. The highest BCUT2D eigenvalue weighted by Crippen LogP contribution is 2.25. The Morgan fingerprint density at radius 3 is 2.88 bits per heavy atom. The number of nitrogens with zero attached hydrogens (tertiary/aromatic N) is 2. The van der Waals surface area contributed by atoms with Gasteiger partial charge in [0.2, 0.25) is 0 Å². The average Bonchev–Trinajstić information content (AvgIpc) is 2.83. The summed E-state index contributed by atoms with van der Waals surface area (Å²) >= 11 is 0. The van der Waals surface area contributed by atoms with Crippen LogP contribution in [0.25, 0.3) is 5.69 Å². The van der Waals surface area contributed by atoms with Crippen LogP contribution in [0.5, 0.6) is 0 Å². The van der Waals surface area contributed by atoms with Crippen LogP contribution in [-0.2, 0) is 6.42 Å². The number of aryl methyl sites for hydroxylation is 2. The lowest BCUT2D eigenvalue weighted by Gasteiger charge is -2.07. The number of hydrogen-bond donors (Lipinski definition) is 1. The maximum Gasteiger partial charge on any atom is 0.0669 e. The monoisotopic (exact) mass is 213 g/mol. The molecule has 1 aromatic heterocycles. The van der Waals surface area contributed by atoms with Crippen molar-refractivity contribution >= 4 is 5.69 Å². The lowest BCUT2D eigenvalue weighted by Crippen LogP contribution is -1.99. The molecule has 0 bridgehead atoms. The van der Waals surface area contributed by atoms with Crippen molar-refractivity contribution in [1.82, 2.24) is 9.78 Å². The third kappa shape index (κ3) is 1.40. The largest absolute Gasteiger partial charge is 0.384 e. The van der Waals surface area contributed by atoms with Crippen molar-refractivity contribution in [1.29, 1.82) is 0 Å². The molecule has 0 amide bonds. The Balaban J connectivity index is 2.10. The number of rotatable bonds is 1. The number of aromatic nitrogens is 2. The molecule has 3 rings (SSSR count). The summed E-state index contributed by atoms with van der Waals surface area (Å²) in [4.78, 5) is 0. The molecule has 1 aromatic carbocycles. The molecule has 1 aliphatic heterocycles. The molecule has 82 valence electrons. The maximum absolute atomic E-state index is 4.49. The average molecular weight is 213 g/mol. The van der Waals surface area contributed by atoms with Gasteiger partial charge in [0, 0.05) is 17.9 Å². The normalized spacial score (nSPS) is 13.6. The molecule has 0 aliphatic carbocycles. The lowest BCUT2D eigenvalue weighted by atomic mass is 10.1. The Hall–Kier alpha value is -1.77. The minimum Gasteiger partial charge on any atom is -0.384 e. The summed E-state index contributed by atoms with van der Waals surface area (Å²) in [5.41, 5.74) is 6.04. The third-order valence-electron chi connectivity index (χ3n) is 3.06. The van der Waals surface area contributed by atoms with E-state index >= 15 is 0 Å². The second-order valence-electron chi connectivity index (χ2n) is 4.36. The van der Waals surface area contributed by atoms with Crippen LogP contribution in [0.15, 0.2) is 24.3 Å². The topological polar surface area (TPSA) is 29.9 Å². The van der Waals surface area contributed by atoms with E-state index in [-0.39, 0.29) is 0 Å². The number of hydrogen-bond acceptors (Lipinski definition) is 2. The Kier molecular flexibility index (Phi) is 1.99. The van der Waals surface area contributed by atoms with E-state index in [0.29, 0.717) is 0 Å². The fourth-order valence-corrected chi connectivity index (χ4v) is 2.30. The van der Waals surface area contributed by atoms with Crippen LogP contribution in [0.4, 0.5) is 5.69 Å². The fourth-order valence-electron chi connectivity index (χ4n) is 2.30. The molecule has 0 fully saturated rings. The van der Waals surface area contributed by atoms with E-state index < -0.39 is 0 Å². The Bertz CT molecular complexity index is 540. The minimum absolute atomic E-state index is 1.05. The number of anilines is 1. The molecule has 0 saturated heterocycles. The molecule has 1 N–H and O–H groups in total. The summed E-state index contributed by atoms with van der Waals surface area (Å²) in [6, 6.07) is 8.62. The lowest BCUT2D eigenvalue weighted by molar-refractivity contribution is 0.834. The zero-order valence-electron chi connectivity index (χ0n) is 9.62. The van der Waals surface area contributed by atoms with Crippen LogP contribution < -0.4 is 5.32 Å². The van der Waals surface area contributed by atoms with Crippen molar-refractivity contribution in [3.8, 4) is 5.69 Å². The van der Waals surface area contributed by atoms with Crippen molar-refractivity contribution in [2.45, 2.75) is 20.3 Å². The van der Waals surface area contributed by atoms with E-state index in [0.717, 1.165) is 24.3 Å². The highest BCUT2D eigenvalue weighted by atomic mass is 15.3. The molecule has 16 heavy (non-hydrogen) atoms. The van der Waals surface area contributed by atoms with Crippen molar-refractivity contribution in [3.63, 3.8) is 0 Å². The van der Waals surface area contributed by atoms with E-state index in [1.165, 1.54) is 16.9 Å². The van der Waals surface area contributed by atoms with Gasteiger partial charge in [0.15, 0.2) is 0 Å². The highest BCUT2D eigenvalue weighted by Gasteiger charge is 2.11. The number of benzene rings is 1. The molecule has 0 spiro atoms. The van der Waals surface area contributed by atoms with Crippen LogP contribution in [0.3, 0.4) is 0 Å². The SMILES string of the molecule is Cc1cc(C)n(-c2ccc3c(c2)NCC3)n1. The smallest absolute Gasteiger partial charge is 0.0669 e. The molecule has 0 radical (unpaired) electrons. The Morgan fingerprint density at radius 2 is 2.12 bits per heavy atom. The van der Waals surface area contributed by atoms with E-state index in [9.17, 15) is 0 Å². The summed E-state index contributed by atoms with van der Waals surface area (Å²) in [6.45, 7) is 5.16. The number of nitrogens with one attached hydrogen (secondary N) is 1. The van der Waals surface area contributed by atoms with Gasteiger partial charge in [-0.15, -0.1) is 0 Å². The van der Waals surface area contributed by atoms with Gasteiger partial charge in [0.25, 0.3) is 0 Å². The van der Waals surface area contributed by atoms with Gasteiger partial charge in [-0.05, 0) is 44.0 Å². The maximum atomic E-state index is 4.49. The summed E-state index contributed by atoms with van der Waals surface area (Å²) in [5, 5.41) is 7.89. The molecule has 3 heteroatoms. The molecule has 0 unspecified atom stereocenters. The quantitative estimate of drug-likeness (QED) is 0.788. The van der Waals surface area contributed by atoms with Gasteiger partial charge >= 0.3 is 0 Å². The van der Waals surface area contributed by atoms with Crippen LogP contribution in [0.1, 0.15) is 17.0 Å². The second-order valence-corrected chi connectivity index (χ2v) is 4.36. The van der Waals surface area contributed by atoms with Crippen LogP contribution >= 0.6 is 0 Å². The van der Waals surface area contributed by atoms with Crippen molar-refractivity contribution in [2.24, 2.45) is 0 Å². The van der Waals surface area contributed by atoms with Gasteiger partial charge in [-0.3, -0.25) is 0 Å². The first-order valence-corrected chi connectivity index (χ1v) is 5.64. The summed E-state index contributed by atoms with van der Waals surface area (Å²) in [5.74, 6) is 0. The van der Waals surface area contributed by atoms with Gasteiger partial charge < -0.3 is 5.32 Å². The molecular weight excluding hydrogens is 198 g/mol. The van der Waals surface area contributed by atoms with E-state index in [2.05, 4.69) is 41.6 Å². The number of fused-ring (bicyclic) bond motifs is 1. The zero-order valence-corrected chi connectivity index (χ0v) is 9.62. The molecule has 2 aromatic rings.